The monoisotopic (exact) mass is 329 g/mol. The molecular formula is C15H14Cl3NO. The average Bonchev–Trinajstić information content (AvgIpc) is 2.41. The summed E-state index contributed by atoms with van der Waals surface area (Å²) in [5, 5.41) is 5.01. The molecule has 0 amide bonds. The third-order valence-corrected chi connectivity index (χ3v) is 3.54. The summed E-state index contributed by atoms with van der Waals surface area (Å²) in [5.74, 6) is 0.615. The van der Waals surface area contributed by atoms with E-state index in [2.05, 4.69) is 5.32 Å². The van der Waals surface area contributed by atoms with Crippen LogP contribution in [0.25, 0.3) is 0 Å². The average molecular weight is 331 g/mol. The zero-order valence-electron chi connectivity index (χ0n) is 10.9. The van der Waals surface area contributed by atoms with E-state index in [1.54, 1.807) is 18.2 Å². The van der Waals surface area contributed by atoms with Gasteiger partial charge in [0.1, 0.15) is 11.9 Å². The van der Waals surface area contributed by atoms with Crippen molar-refractivity contribution in [2.45, 2.75) is 13.0 Å². The molecule has 0 aliphatic heterocycles. The second-order valence-corrected chi connectivity index (χ2v) is 5.61. The number of anilines is 1. The van der Waals surface area contributed by atoms with E-state index in [9.17, 15) is 0 Å². The first kappa shape index (κ1) is 15.3. The Balaban J connectivity index is 1.92. The number of ether oxygens (including phenoxy) is 1. The fourth-order valence-corrected chi connectivity index (χ4v) is 2.34. The lowest BCUT2D eigenvalue weighted by molar-refractivity contribution is 0.235. The Kier molecular flexibility index (Phi) is 5.41. The van der Waals surface area contributed by atoms with Crippen LogP contribution in [0.3, 0.4) is 0 Å². The van der Waals surface area contributed by atoms with Crippen LogP contribution in [0.2, 0.25) is 15.1 Å². The van der Waals surface area contributed by atoms with Crippen molar-refractivity contribution in [3.05, 3.63) is 57.5 Å². The van der Waals surface area contributed by atoms with Gasteiger partial charge in [-0.15, -0.1) is 0 Å². The van der Waals surface area contributed by atoms with Gasteiger partial charge in [-0.2, -0.15) is 0 Å². The second kappa shape index (κ2) is 7.07. The maximum Gasteiger partial charge on any atom is 0.138 e. The summed E-state index contributed by atoms with van der Waals surface area (Å²) < 4.78 is 5.77. The number of para-hydroxylation sites is 1. The summed E-state index contributed by atoms with van der Waals surface area (Å²) in [6.07, 6.45) is -0.0649. The van der Waals surface area contributed by atoms with Crippen LogP contribution in [0.15, 0.2) is 42.5 Å². The molecule has 0 heterocycles. The minimum Gasteiger partial charge on any atom is -0.487 e. The first-order valence-corrected chi connectivity index (χ1v) is 7.30. The van der Waals surface area contributed by atoms with Gasteiger partial charge >= 0.3 is 0 Å². The summed E-state index contributed by atoms with van der Waals surface area (Å²) >= 11 is 18.0. The third-order valence-electron chi connectivity index (χ3n) is 2.68. The zero-order chi connectivity index (χ0) is 14.5. The van der Waals surface area contributed by atoms with Crippen LogP contribution in [0.5, 0.6) is 5.75 Å². The molecule has 1 atom stereocenters. The highest BCUT2D eigenvalue weighted by atomic mass is 35.5. The van der Waals surface area contributed by atoms with Crippen molar-refractivity contribution in [1.82, 2.24) is 0 Å². The minimum absolute atomic E-state index is 0.0649. The molecule has 1 N–H and O–H groups in total. The molecule has 2 rings (SSSR count). The van der Waals surface area contributed by atoms with Gasteiger partial charge in [-0.05, 0) is 37.3 Å². The van der Waals surface area contributed by atoms with Crippen LogP contribution in [-0.4, -0.2) is 12.6 Å². The Bertz CT molecular complexity index is 589. The molecule has 106 valence electrons. The van der Waals surface area contributed by atoms with E-state index in [0.717, 1.165) is 5.69 Å². The standard InChI is InChI=1S/C15H14Cl3NO/c1-10(9-19-14-5-3-2-4-12(14)17)20-15-7-6-11(16)8-13(15)18/h2-8,10,19H,9H2,1H3. The lowest BCUT2D eigenvalue weighted by Gasteiger charge is -2.17. The number of halogens is 3. The van der Waals surface area contributed by atoms with Crippen LogP contribution in [0, 0.1) is 0 Å². The molecule has 20 heavy (non-hydrogen) atoms. The van der Waals surface area contributed by atoms with E-state index in [0.29, 0.717) is 27.4 Å². The van der Waals surface area contributed by atoms with Gasteiger partial charge in [0, 0.05) is 5.02 Å². The SMILES string of the molecule is CC(CNc1ccccc1Cl)Oc1ccc(Cl)cc1Cl. The van der Waals surface area contributed by atoms with Gasteiger partial charge in [-0.3, -0.25) is 0 Å². The minimum atomic E-state index is -0.0649. The third kappa shape index (κ3) is 4.20. The highest BCUT2D eigenvalue weighted by molar-refractivity contribution is 6.35. The summed E-state index contributed by atoms with van der Waals surface area (Å²) in [4.78, 5) is 0. The van der Waals surface area contributed by atoms with Gasteiger partial charge in [0.2, 0.25) is 0 Å². The number of benzene rings is 2. The first-order valence-electron chi connectivity index (χ1n) is 6.16. The molecule has 0 radical (unpaired) electrons. The molecule has 0 spiro atoms. The summed E-state index contributed by atoms with van der Waals surface area (Å²) in [7, 11) is 0. The smallest absolute Gasteiger partial charge is 0.138 e. The molecule has 2 aromatic rings. The first-order chi connectivity index (χ1) is 9.56. The van der Waals surface area contributed by atoms with Gasteiger partial charge in [0.25, 0.3) is 0 Å². The van der Waals surface area contributed by atoms with E-state index in [4.69, 9.17) is 39.5 Å². The van der Waals surface area contributed by atoms with Crippen LogP contribution in [0.4, 0.5) is 5.69 Å². The van der Waals surface area contributed by atoms with Crippen molar-refractivity contribution in [3.8, 4) is 5.75 Å². The Morgan fingerprint density at radius 1 is 1.05 bits per heavy atom. The van der Waals surface area contributed by atoms with Gasteiger partial charge in [-0.25, -0.2) is 0 Å². The molecule has 0 aliphatic carbocycles. The highest BCUT2D eigenvalue weighted by Gasteiger charge is 2.08. The van der Waals surface area contributed by atoms with Gasteiger partial charge in [0.15, 0.2) is 0 Å². The van der Waals surface area contributed by atoms with Crippen LogP contribution >= 0.6 is 34.8 Å². The van der Waals surface area contributed by atoms with Crippen molar-refractivity contribution >= 4 is 40.5 Å². The topological polar surface area (TPSA) is 21.3 Å². The molecule has 5 heteroatoms. The van der Waals surface area contributed by atoms with Crippen molar-refractivity contribution in [2.75, 3.05) is 11.9 Å². The molecule has 2 aromatic carbocycles. The fourth-order valence-electron chi connectivity index (χ4n) is 1.69. The van der Waals surface area contributed by atoms with E-state index in [1.165, 1.54) is 0 Å². The van der Waals surface area contributed by atoms with Crippen molar-refractivity contribution in [1.29, 1.82) is 0 Å². The van der Waals surface area contributed by atoms with E-state index in [1.807, 2.05) is 31.2 Å². The molecule has 0 fully saturated rings. The summed E-state index contributed by atoms with van der Waals surface area (Å²) in [5.41, 5.74) is 0.881. The van der Waals surface area contributed by atoms with E-state index >= 15 is 0 Å². The molecule has 0 saturated heterocycles. The Hall–Kier alpha value is -1.09. The van der Waals surface area contributed by atoms with Gasteiger partial charge < -0.3 is 10.1 Å². The number of hydrogen-bond donors (Lipinski definition) is 1. The van der Waals surface area contributed by atoms with Crippen LogP contribution in [-0.2, 0) is 0 Å². The number of rotatable bonds is 5. The maximum absolute atomic E-state index is 6.07. The lowest BCUT2D eigenvalue weighted by atomic mass is 10.3. The normalized spacial score (nSPS) is 12.0. The second-order valence-electron chi connectivity index (χ2n) is 4.36. The summed E-state index contributed by atoms with van der Waals surface area (Å²) in [6, 6.07) is 12.7. The Labute approximate surface area is 133 Å². The Morgan fingerprint density at radius 2 is 1.80 bits per heavy atom. The van der Waals surface area contributed by atoms with Gasteiger partial charge in [0.05, 0.1) is 22.3 Å². The molecular weight excluding hydrogens is 317 g/mol. The zero-order valence-corrected chi connectivity index (χ0v) is 13.1. The van der Waals surface area contributed by atoms with Crippen molar-refractivity contribution in [3.63, 3.8) is 0 Å². The van der Waals surface area contributed by atoms with Gasteiger partial charge in [-0.1, -0.05) is 46.9 Å². The predicted octanol–water partition coefficient (Wildman–Crippen LogP) is 5.53. The molecule has 0 bridgehead atoms. The Morgan fingerprint density at radius 3 is 2.50 bits per heavy atom. The van der Waals surface area contributed by atoms with E-state index < -0.39 is 0 Å². The number of hydrogen-bond acceptors (Lipinski definition) is 2. The molecule has 1 unspecified atom stereocenters. The quantitative estimate of drug-likeness (QED) is 0.778. The fraction of sp³-hybridized carbons (Fsp3) is 0.200. The van der Waals surface area contributed by atoms with Crippen LogP contribution < -0.4 is 10.1 Å². The number of nitrogens with one attached hydrogen (secondary N) is 1. The molecule has 0 aliphatic rings. The highest BCUT2D eigenvalue weighted by Crippen LogP contribution is 2.28. The van der Waals surface area contributed by atoms with Crippen molar-refractivity contribution < 1.29 is 4.74 Å². The molecule has 0 saturated carbocycles. The van der Waals surface area contributed by atoms with Crippen LogP contribution in [0.1, 0.15) is 6.92 Å². The maximum atomic E-state index is 6.07. The largest absolute Gasteiger partial charge is 0.487 e. The van der Waals surface area contributed by atoms with E-state index in [-0.39, 0.29) is 6.10 Å². The van der Waals surface area contributed by atoms with Crippen molar-refractivity contribution in [2.24, 2.45) is 0 Å². The predicted molar refractivity (Wildman–Crippen MR) is 86.5 cm³/mol. The lowest BCUT2D eigenvalue weighted by Crippen LogP contribution is -2.22. The molecule has 2 nitrogen and oxygen atoms in total. The molecule has 0 aromatic heterocycles. The summed E-state index contributed by atoms with van der Waals surface area (Å²) in [6.45, 7) is 2.57.